The zero-order chi connectivity index (χ0) is 13.8. The number of nitrogens with two attached hydrogens (primary N) is 1. The first-order valence-corrected chi connectivity index (χ1v) is 6.80. The molecule has 0 aromatic heterocycles. The molecule has 0 saturated carbocycles. The molecule has 2 aromatic rings. The summed E-state index contributed by atoms with van der Waals surface area (Å²) in [5, 5.41) is 3.72. The molecule has 1 unspecified atom stereocenters. The Morgan fingerprint density at radius 1 is 1.11 bits per heavy atom. The molecular formula is C14H12BrClN2O. The highest BCUT2D eigenvalue weighted by molar-refractivity contribution is 9.10. The number of hydrogen-bond acceptors (Lipinski definition) is 2. The van der Waals surface area contributed by atoms with Crippen molar-refractivity contribution in [3.8, 4) is 0 Å². The van der Waals surface area contributed by atoms with Crippen molar-refractivity contribution in [1.82, 2.24) is 0 Å². The lowest BCUT2D eigenvalue weighted by molar-refractivity contribution is -0.118. The average Bonchev–Trinajstić information content (AvgIpc) is 2.39. The number of halogens is 2. The number of benzene rings is 2. The molecule has 0 fully saturated rings. The van der Waals surface area contributed by atoms with E-state index in [1.165, 1.54) is 0 Å². The van der Waals surface area contributed by atoms with Crippen LogP contribution in [0.2, 0.25) is 5.02 Å². The Kier molecular flexibility index (Phi) is 4.45. The fraction of sp³-hybridized carbons (Fsp3) is 0.0714. The number of hydrogen-bond donors (Lipinski definition) is 2. The van der Waals surface area contributed by atoms with Crippen LogP contribution in [0.1, 0.15) is 11.6 Å². The molecule has 3 N–H and O–H groups in total. The third kappa shape index (κ3) is 3.72. The molecule has 98 valence electrons. The smallest absolute Gasteiger partial charge is 0.244 e. The van der Waals surface area contributed by atoms with Crippen molar-refractivity contribution in [2.45, 2.75) is 6.04 Å². The molecule has 0 radical (unpaired) electrons. The van der Waals surface area contributed by atoms with Gasteiger partial charge in [-0.2, -0.15) is 0 Å². The van der Waals surface area contributed by atoms with Gasteiger partial charge in [0, 0.05) is 15.2 Å². The fourth-order valence-corrected chi connectivity index (χ4v) is 2.08. The fourth-order valence-electron chi connectivity index (χ4n) is 1.69. The van der Waals surface area contributed by atoms with Gasteiger partial charge in [0.25, 0.3) is 0 Å². The van der Waals surface area contributed by atoms with Crippen LogP contribution in [0.5, 0.6) is 0 Å². The molecule has 0 spiro atoms. The number of carbonyl (C=O) groups is 1. The molecule has 0 aliphatic heterocycles. The van der Waals surface area contributed by atoms with Crippen LogP contribution < -0.4 is 11.1 Å². The predicted molar refractivity (Wildman–Crippen MR) is 81.2 cm³/mol. The molecule has 0 saturated heterocycles. The minimum atomic E-state index is -0.585. The second-order valence-electron chi connectivity index (χ2n) is 4.04. The average molecular weight is 340 g/mol. The van der Waals surface area contributed by atoms with E-state index < -0.39 is 11.9 Å². The van der Waals surface area contributed by atoms with Gasteiger partial charge in [0.2, 0.25) is 5.91 Å². The van der Waals surface area contributed by atoms with Crippen molar-refractivity contribution >= 4 is 39.1 Å². The summed E-state index contributed by atoms with van der Waals surface area (Å²) in [5.41, 5.74) is 7.04. The monoisotopic (exact) mass is 338 g/mol. The van der Waals surface area contributed by atoms with Crippen molar-refractivity contribution in [3.63, 3.8) is 0 Å². The first kappa shape index (κ1) is 13.9. The van der Waals surface area contributed by atoms with E-state index in [0.717, 1.165) is 15.7 Å². The number of carbonyl (C=O) groups excluding carboxylic acids is 1. The second kappa shape index (κ2) is 6.08. The van der Waals surface area contributed by atoms with Crippen LogP contribution in [0.3, 0.4) is 0 Å². The number of nitrogens with one attached hydrogen (secondary N) is 1. The quantitative estimate of drug-likeness (QED) is 0.891. The normalized spacial score (nSPS) is 11.9. The Balaban J connectivity index is 2.23. The lowest BCUT2D eigenvalue weighted by Gasteiger charge is -2.17. The zero-order valence-electron chi connectivity index (χ0n) is 9.94. The van der Waals surface area contributed by atoms with Crippen LogP contribution in [0, 0.1) is 0 Å². The number of amides is 1. The zero-order valence-corrected chi connectivity index (χ0v) is 12.3. The first-order chi connectivity index (χ1) is 9.06. The van der Waals surface area contributed by atoms with E-state index in [1.54, 1.807) is 24.3 Å². The van der Waals surface area contributed by atoms with Crippen molar-refractivity contribution in [2.75, 3.05) is 5.32 Å². The Morgan fingerprint density at radius 3 is 2.21 bits per heavy atom. The maximum absolute atomic E-state index is 11.6. The molecule has 19 heavy (non-hydrogen) atoms. The molecule has 1 atom stereocenters. The van der Waals surface area contributed by atoms with Crippen LogP contribution in [-0.4, -0.2) is 5.91 Å². The Hall–Kier alpha value is -1.52. The van der Waals surface area contributed by atoms with E-state index in [1.807, 2.05) is 24.3 Å². The van der Waals surface area contributed by atoms with Crippen LogP contribution in [0.15, 0.2) is 53.0 Å². The number of anilines is 1. The van der Waals surface area contributed by atoms with Crippen LogP contribution in [-0.2, 0) is 4.79 Å². The maximum atomic E-state index is 11.6. The van der Waals surface area contributed by atoms with Gasteiger partial charge in [-0.05, 0) is 42.0 Å². The van der Waals surface area contributed by atoms with Gasteiger partial charge in [-0.25, -0.2) is 0 Å². The number of primary amides is 1. The molecule has 0 aliphatic rings. The lowest BCUT2D eigenvalue weighted by atomic mass is 10.1. The Morgan fingerprint density at radius 2 is 1.68 bits per heavy atom. The molecule has 1 amide bonds. The molecular weight excluding hydrogens is 328 g/mol. The van der Waals surface area contributed by atoms with E-state index >= 15 is 0 Å². The van der Waals surface area contributed by atoms with Crippen molar-refractivity contribution in [1.29, 1.82) is 0 Å². The summed E-state index contributed by atoms with van der Waals surface area (Å²) in [5.74, 6) is -0.440. The van der Waals surface area contributed by atoms with Gasteiger partial charge in [-0.1, -0.05) is 39.7 Å². The minimum absolute atomic E-state index is 0.440. The Bertz CT molecular complexity index is 569. The minimum Gasteiger partial charge on any atom is -0.370 e. The van der Waals surface area contributed by atoms with Crippen LogP contribution in [0.4, 0.5) is 5.69 Å². The first-order valence-electron chi connectivity index (χ1n) is 5.63. The van der Waals surface area contributed by atoms with Gasteiger partial charge in [-0.3, -0.25) is 4.79 Å². The standard InChI is InChI=1S/C14H12BrClN2O/c15-10-3-7-12(8-4-10)18-13(14(17)19)9-1-5-11(16)6-2-9/h1-8,13,18H,(H2,17,19). The largest absolute Gasteiger partial charge is 0.370 e. The topological polar surface area (TPSA) is 55.1 Å². The van der Waals surface area contributed by atoms with E-state index in [-0.39, 0.29) is 0 Å². The molecule has 0 aliphatic carbocycles. The molecule has 5 heteroatoms. The highest BCUT2D eigenvalue weighted by Gasteiger charge is 2.17. The summed E-state index contributed by atoms with van der Waals surface area (Å²) in [7, 11) is 0. The summed E-state index contributed by atoms with van der Waals surface area (Å²) in [6.07, 6.45) is 0. The summed E-state index contributed by atoms with van der Waals surface area (Å²) in [6.45, 7) is 0. The summed E-state index contributed by atoms with van der Waals surface area (Å²) in [4.78, 5) is 11.6. The molecule has 2 rings (SSSR count). The van der Waals surface area contributed by atoms with E-state index in [4.69, 9.17) is 17.3 Å². The summed E-state index contributed by atoms with van der Waals surface area (Å²) >= 11 is 9.19. The molecule has 3 nitrogen and oxygen atoms in total. The second-order valence-corrected chi connectivity index (χ2v) is 5.39. The van der Waals surface area contributed by atoms with Gasteiger partial charge < -0.3 is 11.1 Å². The lowest BCUT2D eigenvalue weighted by Crippen LogP contribution is -2.27. The van der Waals surface area contributed by atoms with Gasteiger partial charge in [0.05, 0.1) is 0 Å². The van der Waals surface area contributed by atoms with Gasteiger partial charge >= 0.3 is 0 Å². The SMILES string of the molecule is NC(=O)C(Nc1ccc(Br)cc1)c1ccc(Cl)cc1. The number of rotatable bonds is 4. The maximum Gasteiger partial charge on any atom is 0.244 e. The predicted octanol–water partition coefficient (Wildman–Crippen LogP) is 3.74. The Labute approximate surface area is 124 Å². The van der Waals surface area contributed by atoms with E-state index in [2.05, 4.69) is 21.2 Å². The van der Waals surface area contributed by atoms with Crippen molar-refractivity contribution in [2.24, 2.45) is 5.73 Å². The summed E-state index contributed by atoms with van der Waals surface area (Å²) in [6, 6.07) is 14.0. The van der Waals surface area contributed by atoms with Crippen molar-refractivity contribution in [3.05, 3.63) is 63.6 Å². The third-order valence-corrected chi connectivity index (χ3v) is 3.42. The highest BCUT2D eigenvalue weighted by Crippen LogP contribution is 2.22. The van der Waals surface area contributed by atoms with E-state index in [0.29, 0.717) is 5.02 Å². The van der Waals surface area contributed by atoms with Crippen LogP contribution >= 0.6 is 27.5 Å². The summed E-state index contributed by atoms with van der Waals surface area (Å²) < 4.78 is 0.972. The van der Waals surface area contributed by atoms with Crippen molar-refractivity contribution < 1.29 is 4.79 Å². The van der Waals surface area contributed by atoms with Gasteiger partial charge in [-0.15, -0.1) is 0 Å². The van der Waals surface area contributed by atoms with Gasteiger partial charge in [0.1, 0.15) is 6.04 Å². The highest BCUT2D eigenvalue weighted by atomic mass is 79.9. The van der Waals surface area contributed by atoms with Gasteiger partial charge in [0.15, 0.2) is 0 Å². The third-order valence-electron chi connectivity index (χ3n) is 2.64. The molecule has 2 aromatic carbocycles. The molecule has 0 heterocycles. The van der Waals surface area contributed by atoms with Crippen LogP contribution in [0.25, 0.3) is 0 Å². The van der Waals surface area contributed by atoms with E-state index in [9.17, 15) is 4.79 Å². The molecule has 0 bridgehead atoms.